The maximum absolute atomic E-state index is 12.8. The fraction of sp³-hybridized carbons (Fsp3) is 0.364. The molecule has 1 atom stereocenters. The lowest BCUT2D eigenvalue weighted by atomic mass is 10.2. The van der Waals surface area contributed by atoms with E-state index in [2.05, 4.69) is 15.5 Å². The van der Waals surface area contributed by atoms with E-state index in [1.54, 1.807) is 30.3 Å². The fourth-order valence-electron chi connectivity index (χ4n) is 2.71. The van der Waals surface area contributed by atoms with Crippen LogP contribution in [0, 0.1) is 0 Å². The van der Waals surface area contributed by atoms with Gasteiger partial charge in [0.15, 0.2) is 17.3 Å². The molecule has 10 heteroatoms. The maximum Gasteiger partial charge on any atom is 0.258 e. The van der Waals surface area contributed by atoms with Crippen LogP contribution in [-0.2, 0) is 9.59 Å². The van der Waals surface area contributed by atoms with Gasteiger partial charge in [0.1, 0.15) is 16.5 Å². The number of halogens is 1. The van der Waals surface area contributed by atoms with Gasteiger partial charge in [0.05, 0.1) is 38.8 Å². The van der Waals surface area contributed by atoms with Gasteiger partial charge in [-0.3, -0.25) is 9.59 Å². The maximum atomic E-state index is 12.8. The summed E-state index contributed by atoms with van der Waals surface area (Å²) in [6.07, 6.45) is 0. The van der Waals surface area contributed by atoms with E-state index >= 15 is 0 Å². The third-order valence-corrected chi connectivity index (χ3v) is 4.56. The smallest absolute Gasteiger partial charge is 0.258 e. The highest BCUT2D eigenvalue weighted by Gasteiger charge is 2.25. The van der Waals surface area contributed by atoms with Crippen LogP contribution in [0.15, 0.2) is 40.6 Å². The van der Waals surface area contributed by atoms with Crippen LogP contribution >= 0.6 is 11.6 Å². The second-order valence-electron chi connectivity index (χ2n) is 6.41. The quantitative estimate of drug-likeness (QED) is 0.377. The summed E-state index contributed by atoms with van der Waals surface area (Å²) in [5, 5.41) is 10.7. The molecule has 1 amide bonds. The van der Waals surface area contributed by atoms with Gasteiger partial charge in [-0.2, -0.15) is 10.2 Å². The summed E-state index contributed by atoms with van der Waals surface area (Å²) in [6, 6.07) is 6.64. The van der Waals surface area contributed by atoms with Gasteiger partial charge in [-0.05, 0) is 32.9 Å². The van der Waals surface area contributed by atoms with Gasteiger partial charge in [-0.25, -0.2) is 0 Å². The SMILES string of the molecule is CCOc1cc(NC(=O)C(N=Nc2ccc(OC)c(OC)c2)C(C)=O)c(Cl)c(OCC)c1. The van der Waals surface area contributed by atoms with Crippen molar-refractivity contribution in [2.45, 2.75) is 26.8 Å². The Morgan fingerprint density at radius 2 is 1.69 bits per heavy atom. The summed E-state index contributed by atoms with van der Waals surface area (Å²) < 4.78 is 21.4. The molecule has 172 valence electrons. The van der Waals surface area contributed by atoms with Crippen LogP contribution in [0.3, 0.4) is 0 Å². The molecule has 0 aliphatic rings. The lowest BCUT2D eigenvalue weighted by Crippen LogP contribution is -2.32. The lowest BCUT2D eigenvalue weighted by molar-refractivity contribution is -0.126. The van der Waals surface area contributed by atoms with Crippen molar-refractivity contribution in [1.29, 1.82) is 0 Å². The van der Waals surface area contributed by atoms with Crippen LogP contribution in [0.1, 0.15) is 20.8 Å². The van der Waals surface area contributed by atoms with E-state index in [1.807, 2.05) is 13.8 Å². The van der Waals surface area contributed by atoms with Crippen molar-refractivity contribution in [3.63, 3.8) is 0 Å². The van der Waals surface area contributed by atoms with E-state index in [9.17, 15) is 9.59 Å². The minimum atomic E-state index is -1.38. The molecule has 32 heavy (non-hydrogen) atoms. The number of ether oxygens (including phenoxy) is 4. The second kappa shape index (κ2) is 11.9. The highest BCUT2D eigenvalue weighted by atomic mass is 35.5. The molecule has 9 nitrogen and oxygen atoms in total. The summed E-state index contributed by atoms with van der Waals surface area (Å²) in [7, 11) is 3.00. The molecule has 0 aromatic heterocycles. The molecule has 0 aliphatic heterocycles. The van der Waals surface area contributed by atoms with Gasteiger partial charge in [0.2, 0.25) is 6.04 Å². The van der Waals surface area contributed by atoms with E-state index < -0.39 is 17.7 Å². The number of anilines is 1. The number of nitrogens with one attached hydrogen (secondary N) is 1. The van der Waals surface area contributed by atoms with Crippen molar-refractivity contribution < 1.29 is 28.5 Å². The fourth-order valence-corrected chi connectivity index (χ4v) is 2.92. The van der Waals surface area contributed by atoms with Crippen LogP contribution in [0.2, 0.25) is 5.02 Å². The minimum Gasteiger partial charge on any atom is -0.494 e. The molecule has 1 unspecified atom stereocenters. The second-order valence-corrected chi connectivity index (χ2v) is 6.78. The number of hydrogen-bond donors (Lipinski definition) is 1. The zero-order valence-corrected chi connectivity index (χ0v) is 19.4. The Kier molecular flexibility index (Phi) is 9.27. The van der Waals surface area contributed by atoms with Crippen molar-refractivity contribution in [2.24, 2.45) is 10.2 Å². The third kappa shape index (κ3) is 6.34. The zero-order valence-electron chi connectivity index (χ0n) is 18.6. The number of azo groups is 1. The largest absolute Gasteiger partial charge is 0.494 e. The summed E-state index contributed by atoms with van der Waals surface area (Å²) in [5.41, 5.74) is 0.621. The van der Waals surface area contributed by atoms with Crippen molar-refractivity contribution in [2.75, 3.05) is 32.8 Å². The molecule has 0 bridgehead atoms. The van der Waals surface area contributed by atoms with Crippen molar-refractivity contribution in [3.8, 4) is 23.0 Å². The Hall–Kier alpha value is -3.33. The Bertz CT molecular complexity index is 996. The molecule has 1 N–H and O–H groups in total. The Morgan fingerprint density at radius 3 is 2.28 bits per heavy atom. The van der Waals surface area contributed by atoms with Gasteiger partial charge in [-0.1, -0.05) is 11.6 Å². The monoisotopic (exact) mass is 463 g/mol. The molecule has 0 saturated carbocycles. The Balaban J connectivity index is 2.29. The summed E-state index contributed by atoms with van der Waals surface area (Å²) in [4.78, 5) is 24.9. The number of benzene rings is 2. The predicted molar refractivity (Wildman–Crippen MR) is 121 cm³/mol. The average molecular weight is 464 g/mol. The first-order valence-electron chi connectivity index (χ1n) is 9.87. The number of hydrogen-bond acceptors (Lipinski definition) is 8. The molecule has 2 rings (SSSR count). The molecular formula is C22H26ClN3O6. The van der Waals surface area contributed by atoms with E-state index in [1.165, 1.54) is 21.1 Å². The van der Waals surface area contributed by atoms with Crippen LogP contribution in [0.25, 0.3) is 0 Å². The number of Topliss-reactive ketones (excluding diaryl/α,β-unsaturated/α-hetero) is 1. The molecule has 0 heterocycles. The van der Waals surface area contributed by atoms with Crippen molar-refractivity contribution >= 4 is 34.7 Å². The lowest BCUT2D eigenvalue weighted by Gasteiger charge is -2.15. The van der Waals surface area contributed by atoms with E-state index in [4.69, 9.17) is 30.5 Å². The standard InChI is InChI=1S/C22H26ClN3O6/c1-6-31-15-11-16(20(23)19(12-15)32-7-2)24-22(28)21(13(3)27)26-25-14-8-9-17(29-4)18(10-14)30-5/h8-12,21H,6-7H2,1-5H3,(H,24,28). The molecule has 0 saturated heterocycles. The molecule has 2 aromatic rings. The first kappa shape index (κ1) is 24.9. The van der Waals surface area contributed by atoms with Crippen LogP contribution in [-0.4, -0.2) is 45.2 Å². The number of methoxy groups -OCH3 is 2. The predicted octanol–water partition coefficient (Wildman–Crippen LogP) is 4.83. The highest BCUT2D eigenvalue weighted by molar-refractivity contribution is 6.35. The molecule has 0 aliphatic carbocycles. The van der Waals surface area contributed by atoms with Gasteiger partial charge in [-0.15, -0.1) is 0 Å². The normalized spacial score (nSPS) is 11.7. The molecule has 2 aromatic carbocycles. The number of carbonyl (C=O) groups excluding carboxylic acids is 2. The number of nitrogens with zero attached hydrogens (tertiary/aromatic N) is 2. The first-order valence-corrected chi connectivity index (χ1v) is 10.3. The summed E-state index contributed by atoms with van der Waals surface area (Å²) >= 11 is 6.36. The number of rotatable bonds is 11. The molecular weight excluding hydrogens is 438 g/mol. The van der Waals surface area contributed by atoms with Gasteiger partial charge in [0, 0.05) is 18.2 Å². The summed E-state index contributed by atoms with van der Waals surface area (Å²) in [6.45, 7) is 5.67. The van der Waals surface area contributed by atoms with Crippen molar-refractivity contribution in [1.82, 2.24) is 0 Å². The number of ketones is 1. The molecule has 0 spiro atoms. The van der Waals surface area contributed by atoms with Crippen LogP contribution in [0.4, 0.5) is 11.4 Å². The highest BCUT2D eigenvalue weighted by Crippen LogP contribution is 2.37. The van der Waals surface area contributed by atoms with Crippen molar-refractivity contribution in [3.05, 3.63) is 35.4 Å². The minimum absolute atomic E-state index is 0.183. The van der Waals surface area contributed by atoms with E-state index in [-0.39, 0.29) is 10.7 Å². The first-order chi connectivity index (χ1) is 15.3. The molecule has 0 fully saturated rings. The Labute approximate surface area is 191 Å². The van der Waals surface area contributed by atoms with E-state index in [0.717, 1.165) is 0 Å². The Morgan fingerprint density at radius 1 is 1.00 bits per heavy atom. The zero-order chi connectivity index (χ0) is 23.7. The van der Waals surface area contributed by atoms with Crippen LogP contribution < -0.4 is 24.3 Å². The van der Waals surface area contributed by atoms with Crippen LogP contribution in [0.5, 0.6) is 23.0 Å². The number of amides is 1. The number of carbonyl (C=O) groups is 2. The van der Waals surface area contributed by atoms with Gasteiger partial charge >= 0.3 is 0 Å². The average Bonchev–Trinajstić information content (AvgIpc) is 2.76. The van der Waals surface area contributed by atoms with Gasteiger partial charge < -0.3 is 24.3 Å². The third-order valence-electron chi connectivity index (χ3n) is 4.17. The summed E-state index contributed by atoms with van der Waals surface area (Å²) in [5.74, 6) is 0.578. The topological polar surface area (TPSA) is 108 Å². The molecule has 0 radical (unpaired) electrons. The van der Waals surface area contributed by atoms with E-state index in [0.29, 0.717) is 41.9 Å². The van der Waals surface area contributed by atoms with Gasteiger partial charge in [0.25, 0.3) is 5.91 Å².